The highest BCUT2D eigenvalue weighted by Gasteiger charge is 2.36. The summed E-state index contributed by atoms with van der Waals surface area (Å²) >= 11 is 0. The number of methoxy groups -OCH3 is 1. The Morgan fingerprint density at radius 2 is 2.22 bits per heavy atom. The number of ether oxygens (including phenoxy) is 1. The molecule has 1 aliphatic heterocycles. The number of rotatable bonds is 5. The molecule has 0 amide bonds. The van der Waals surface area contributed by atoms with E-state index in [1.807, 2.05) is 13.1 Å². The van der Waals surface area contributed by atoms with Gasteiger partial charge in [0.25, 0.3) is 0 Å². The maximum Gasteiger partial charge on any atom is 0.181 e. The molecule has 5 heteroatoms. The van der Waals surface area contributed by atoms with Crippen LogP contribution in [-0.4, -0.2) is 34.4 Å². The molecule has 0 spiro atoms. The van der Waals surface area contributed by atoms with E-state index in [1.165, 1.54) is 0 Å². The van der Waals surface area contributed by atoms with Crippen LogP contribution in [0.5, 0.6) is 5.75 Å². The number of nitrogens with one attached hydrogen (secondary N) is 1. The van der Waals surface area contributed by atoms with Gasteiger partial charge in [-0.05, 0) is 56.6 Å². The Morgan fingerprint density at radius 1 is 1.44 bits per heavy atom. The first-order valence-electron chi connectivity index (χ1n) is 6.15. The first kappa shape index (κ1) is 13.4. The average Bonchev–Trinajstić information content (AvgIpc) is 2.61. The van der Waals surface area contributed by atoms with Gasteiger partial charge in [-0.25, -0.2) is 8.42 Å². The molecule has 2 rings (SSSR count). The van der Waals surface area contributed by atoms with Crippen LogP contribution < -0.4 is 10.1 Å². The minimum Gasteiger partial charge on any atom is -0.497 e. The fourth-order valence-corrected chi connectivity index (χ4v) is 4.42. The summed E-state index contributed by atoms with van der Waals surface area (Å²) in [6.45, 7) is 0.853. The zero-order chi connectivity index (χ0) is 13.2. The molecule has 1 N–H and O–H groups in total. The van der Waals surface area contributed by atoms with E-state index in [9.17, 15) is 8.42 Å². The zero-order valence-corrected chi connectivity index (χ0v) is 11.6. The van der Waals surface area contributed by atoms with Gasteiger partial charge >= 0.3 is 0 Å². The van der Waals surface area contributed by atoms with Crippen molar-refractivity contribution in [2.24, 2.45) is 0 Å². The van der Waals surface area contributed by atoms with E-state index in [4.69, 9.17) is 4.74 Å². The molecule has 4 nitrogen and oxygen atoms in total. The first-order chi connectivity index (χ1) is 8.59. The van der Waals surface area contributed by atoms with Crippen LogP contribution in [0, 0.1) is 0 Å². The summed E-state index contributed by atoms with van der Waals surface area (Å²) in [6, 6.07) is 5.22. The summed E-state index contributed by atoms with van der Waals surface area (Å²) in [4.78, 5) is 0.484. The molecular formula is C13H19NO3S. The molecule has 0 bridgehead atoms. The smallest absolute Gasteiger partial charge is 0.181 e. The van der Waals surface area contributed by atoms with Crippen molar-refractivity contribution in [1.29, 1.82) is 0 Å². The molecule has 1 aliphatic rings. The van der Waals surface area contributed by atoms with Gasteiger partial charge in [0.15, 0.2) is 9.84 Å². The molecule has 18 heavy (non-hydrogen) atoms. The van der Waals surface area contributed by atoms with Crippen LogP contribution in [0.2, 0.25) is 0 Å². The van der Waals surface area contributed by atoms with Gasteiger partial charge in [0.2, 0.25) is 0 Å². The second-order valence-corrected chi connectivity index (χ2v) is 6.79. The number of benzene rings is 1. The summed E-state index contributed by atoms with van der Waals surface area (Å²) in [6.07, 6.45) is 2.20. The Morgan fingerprint density at radius 3 is 2.89 bits per heavy atom. The van der Waals surface area contributed by atoms with E-state index in [-0.39, 0.29) is 5.25 Å². The lowest BCUT2D eigenvalue weighted by Gasteiger charge is -2.08. The van der Waals surface area contributed by atoms with Crippen LogP contribution in [0.15, 0.2) is 23.1 Å². The third-order valence-corrected chi connectivity index (χ3v) is 5.70. The predicted octanol–water partition coefficient (Wildman–Crippen LogP) is 1.39. The molecule has 0 fully saturated rings. The minimum absolute atomic E-state index is 0.270. The van der Waals surface area contributed by atoms with Crippen molar-refractivity contribution in [3.05, 3.63) is 23.8 Å². The van der Waals surface area contributed by atoms with Gasteiger partial charge in [-0.1, -0.05) is 0 Å². The standard InChI is InChI=1S/C13H19NO3S/c1-14-7-3-4-12-9-10-8-11(17-2)5-6-13(10)18(12,15)16/h5-6,8,12,14H,3-4,7,9H2,1-2H3. The lowest BCUT2D eigenvalue weighted by Crippen LogP contribution is -2.19. The van der Waals surface area contributed by atoms with Crippen molar-refractivity contribution in [2.45, 2.75) is 29.4 Å². The van der Waals surface area contributed by atoms with Crippen molar-refractivity contribution >= 4 is 9.84 Å². The van der Waals surface area contributed by atoms with Crippen LogP contribution in [0.4, 0.5) is 0 Å². The lowest BCUT2D eigenvalue weighted by molar-refractivity contribution is 0.414. The number of hydrogen-bond donors (Lipinski definition) is 1. The Labute approximate surface area is 108 Å². The Hall–Kier alpha value is -1.07. The monoisotopic (exact) mass is 269 g/mol. The van der Waals surface area contributed by atoms with E-state index in [0.717, 1.165) is 24.3 Å². The van der Waals surface area contributed by atoms with Gasteiger partial charge in [-0.3, -0.25) is 0 Å². The first-order valence-corrected chi connectivity index (χ1v) is 7.69. The van der Waals surface area contributed by atoms with E-state index in [0.29, 0.717) is 17.7 Å². The van der Waals surface area contributed by atoms with Gasteiger partial charge in [-0.2, -0.15) is 0 Å². The fraction of sp³-hybridized carbons (Fsp3) is 0.538. The predicted molar refractivity (Wildman–Crippen MR) is 70.8 cm³/mol. The Bertz CT molecular complexity index is 525. The molecule has 0 saturated carbocycles. The normalized spacial score (nSPS) is 20.7. The minimum atomic E-state index is -3.14. The van der Waals surface area contributed by atoms with Crippen molar-refractivity contribution in [2.75, 3.05) is 20.7 Å². The van der Waals surface area contributed by atoms with Crippen LogP contribution in [-0.2, 0) is 16.3 Å². The zero-order valence-electron chi connectivity index (χ0n) is 10.8. The number of fused-ring (bicyclic) bond motifs is 1. The van der Waals surface area contributed by atoms with Crippen LogP contribution in [0.3, 0.4) is 0 Å². The number of hydrogen-bond acceptors (Lipinski definition) is 4. The van der Waals surface area contributed by atoms with Crippen LogP contribution in [0.1, 0.15) is 18.4 Å². The average molecular weight is 269 g/mol. The van der Waals surface area contributed by atoms with E-state index in [1.54, 1.807) is 19.2 Å². The summed E-state index contributed by atoms with van der Waals surface area (Å²) in [7, 11) is 0.335. The van der Waals surface area contributed by atoms with Gasteiger partial charge in [0.1, 0.15) is 5.75 Å². The molecular weight excluding hydrogens is 250 g/mol. The summed E-state index contributed by atoms with van der Waals surface area (Å²) in [5, 5.41) is 2.77. The van der Waals surface area contributed by atoms with E-state index in [2.05, 4.69) is 5.32 Å². The van der Waals surface area contributed by atoms with Gasteiger partial charge in [0.05, 0.1) is 17.3 Å². The van der Waals surface area contributed by atoms with Crippen LogP contribution in [0.25, 0.3) is 0 Å². The van der Waals surface area contributed by atoms with E-state index >= 15 is 0 Å². The second kappa shape index (κ2) is 5.28. The lowest BCUT2D eigenvalue weighted by atomic mass is 10.1. The molecule has 0 saturated heterocycles. The third kappa shape index (κ3) is 2.37. The van der Waals surface area contributed by atoms with Gasteiger partial charge < -0.3 is 10.1 Å². The Kier molecular flexibility index (Phi) is 3.92. The molecule has 1 aromatic carbocycles. The summed E-state index contributed by atoms with van der Waals surface area (Å²) in [5.41, 5.74) is 0.892. The molecule has 1 heterocycles. The third-order valence-electron chi connectivity index (χ3n) is 3.41. The van der Waals surface area contributed by atoms with Crippen molar-refractivity contribution < 1.29 is 13.2 Å². The molecule has 0 aliphatic carbocycles. The molecule has 0 aromatic heterocycles. The second-order valence-electron chi connectivity index (χ2n) is 4.59. The SMILES string of the molecule is CNCCCC1Cc2cc(OC)ccc2S1(=O)=O. The van der Waals surface area contributed by atoms with Crippen molar-refractivity contribution in [1.82, 2.24) is 5.32 Å². The highest BCUT2D eigenvalue weighted by molar-refractivity contribution is 7.92. The maximum atomic E-state index is 12.3. The number of sulfone groups is 1. The summed E-state index contributed by atoms with van der Waals surface area (Å²) < 4.78 is 29.8. The highest BCUT2D eigenvalue weighted by Crippen LogP contribution is 2.35. The topological polar surface area (TPSA) is 55.4 Å². The van der Waals surface area contributed by atoms with Crippen molar-refractivity contribution in [3.8, 4) is 5.75 Å². The quantitative estimate of drug-likeness (QED) is 0.821. The van der Waals surface area contributed by atoms with Gasteiger partial charge in [0, 0.05) is 0 Å². The highest BCUT2D eigenvalue weighted by atomic mass is 32.2. The van der Waals surface area contributed by atoms with E-state index < -0.39 is 9.84 Å². The Balaban J connectivity index is 2.21. The van der Waals surface area contributed by atoms with Crippen LogP contribution >= 0.6 is 0 Å². The molecule has 1 unspecified atom stereocenters. The largest absolute Gasteiger partial charge is 0.497 e. The molecule has 0 radical (unpaired) electrons. The molecule has 1 atom stereocenters. The molecule has 100 valence electrons. The summed E-state index contributed by atoms with van der Waals surface area (Å²) in [5.74, 6) is 0.722. The molecule has 1 aromatic rings. The maximum absolute atomic E-state index is 12.3. The fourth-order valence-electron chi connectivity index (χ4n) is 2.42. The van der Waals surface area contributed by atoms with Crippen molar-refractivity contribution in [3.63, 3.8) is 0 Å². The van der Waals surface area contributed by atoms with Gasteiger partial charge in [-0.15, -0.1) is 0 Å².